The zero-order valence-corrected chi connectivity index (χ0v) is 17.8. The van der Waals surface area contributed by atoms with Crippen LogP contribution in [0.15, 0.2) is 29.9 Å². The van der Waals surface area contributed by atoms with E-state index in [1.165, 1.54) is 22.7 Å². The van der Waals surface area contributed by atoms with Gasteiger partial charge in [-0.2, -0.15) is 0 Å². The number of carbonyl (C=O) groups excluding carboxylic acids is 2. The molecule has 1 aliphatic heterocycles. The molecule has 4 rings (SSSR count). The number of likely N-dealkylation sites (tertiary alicyclic amines) is 1. The van der Waals surface area contributed by atoms with Crippen LogP contribution in [-0.2, 0) is 0 Å². The van der Waals surface area contributed by atoms with E-state index in [-0.39, 0.29) is 17.7 Å². The molecule has 1 aliphatic rings. The molecule has 9 heteroatoms. The molecular weight excluding hydrogens is 406 g/mol. The number of hydrogen-bond donors (Lipinski definition) is 1. The van der Waals surface area contributed by atoms with Crippen molar-refractivity contribution in [2.24, 2.45) is 0 Å². The molecule has 0 radical (unpaired) electrons. The highest BCUT2D eigenvalue weighted by molar-refractivity contribution is 7.13. The third-order valence-corrected chi connectivity index (χ3v) is 6.97. The van der Waals surface area contributed by atoms with Gasteiger partial charge in [0.15, 0.2) is 0 Å². The molecule has 0 atom stereocenters. The summed E-state index contributed by atoms with van der Waals surface area (Å²) < 4.78 is 0. The van der Waals surface area contributed by atoms with E-state index in [0.29, 0.717) is 24.5 Å². The van der Waals surface area contributed by atoms with Crippen LogP contribution >= 0.6 is 22.7 Å². The molecule has 1 fully saturated rings. The number of piperidine rings is 1. The van der Waals surface area contributed by atoms with Crippen molar-refractivity contribution in [1.82, 2.24) is 19.9 Å². The van der Waals surface area contributed by atoms with E-state index in [4.69, 9.17) is 0 Å². The first-order chi connectivity index (χ1) is 14.0. The number of nitrogens with zero attached hydrogens (tertiary/aromatic N) is 4. The number of nitrogens with one attached hydrogen (secondary N) is 1. The fourth-order valence-corrected chi connectivity index (χ4v) is 5.27. The van der Waals surface area contributed by atoms with E-state index in [0.717, 1.165) is 33.4 Å². The van der Waals surface area contributed by atoms with Gasteiger partial charge < -0.3 is 10.2 Å². The molecule has 0 saturated carbocycles. The number of pyridine rings is 1. The molecule has 3 aromatic heterocycles. The van der Waals surface area contributed by atoms with Gasteiger partial charge in [0.05, 0.1) is 27.6 Å². The highest BCUT2D eigenvalue weighted by Crippen LogP contribution is 2.31. The van der Waals surface area contributed by atoms with Crippen molar-refractivity contribution in [3.63, 3.8) is 0 Å². The standard InChI is InChI=1S/C20H21N5O2S2/c1-12-17(29-13(2)22-12)20(27)25-8-5-14(6-9-25)19-24-16(11-28-19)18(26)23-15-4-3-7-21-10-15/h3-4,7,10-11,14H,5-6,8-9H2,1-2H3,(H,23,26). The number of carbonyl (C=O) groups is 2. The summed E-state index contributed by atoms with van der Waals surface area (Å²) >= 11 is 2.97. The van der Waals surface area contributed by atoms with Gasteiger partial charge in [-0.15, -0.1) is 22.7 Å². The zero-order valence-electron chi connectivity index (χ0n) is 16.2. The molecule has 29 heavy (non-hydrogen) atoms. The van der Waals surface area contributed by atoms with Gasteiger partial charge in [-0.25, -0.2) is 9.97 Å². The SMILES string of the molecule is Cc1nc(C)c(C(=O)N2CCC(c3nc(C(=O)Nc4cccnc4)cs3)CC2)s1. The molecule has 0 spiro atoms. The average Bonchev–Trinajstić information content (AvgIpc) is 3.35. The van der Waals surface area contributed by atoms with Crippen LogP contribution in [0.5, 0.6) is 0 Å². The van der Waals surface area contributed by atoms with Crippen molar-refractivity contribution in [2.45, 2.75) is 32.6 Å². The van der Waals surface area contributed by atoms with Crippen LogP contribution in [0, 0.1) is 13.8 Å². The number of anilines is 1. The second-order valence-corrected chi connectivity index (χ2v) is 9.07. The molecule has 0 unspecified atom stereocenters. The summed E-state index contributed by atoms with van der Waals surface area (Å²) in [5.74, 6) is 0.111. The maximum atomic E-state index is 12.8. The number of thiazole rings is 2. The number of aromatic nitrogens is 3. The average molecular weight is 428 g/mol. The first-order valence-corrected chi connectivity index (χ1v) is 11.1. The molecule has 0 aliphatic carbocycles. The summed E-state index contributed by atoms with van der Waals surface area (Å²) in [6.45, 7) is 5.19. The lowest BCUT2D eigenvalue weighted by molar-refractivity contribution is 0.0717. The molecule has 1 saturated heterocycles. The summed E-state index contributed by atoms with van der Waals surface area (Å²) in [5.41, 5.74) is 1.87. The van der Waals surface area contributed by atoms with Crippen LogP contribution in [0.25, 0.3) is 0 Å². The third-order valence-electron chi connectivity index (χ3n) is 4.90. The summed E-state index contributed by atoms with van der Waals surface area (Å²) in [4.78, 5) is 40.7. The largest absolute Gasteiger partial charge is 0.338 e. The second kappa shape index (κ2) is 8.38. The van der Waals surface area contributed by atoms with Crippen molar-refractivity contribution in [3.05, 3.63) is 56.2 Å². The quantitative estimate of drug-likeness (QED) is 0.683. The zero-order chi connectivity index (χ0) is 20.4. The molecule has 0 bridgehead atoms. The molecule has 4 heterocycles. The number of aryl methyl sites for hydroxylation is 2. The Kier molecular flexibility index (Phi) is 5.68. The van der Waals surface area contributed by atoms with Gasteiger partial charge in [0.1, 0.15) is 10.6 Å². The Morgan fingerprint density at radius 1 is 1.21 bits per heavy atom. The van der Waals surface area contributed by atoms with Gasteiger partial charge in [-0.1, -0.05) is 0 Å². The fourth-order valence-electron chi connectivity index (χ4n) is 3.41. The summed E-state index contributed by atoms with van der Waals surface area (Å²) in [6, 6.07) is 3.56. The van der Waals surface area contributed by atoms with Gasteiger partial charge in [-0.05, 0) is 38.8 Å². The fraction of sp³-hybridized carbons (Fsp3) is 0.350. The summed E-state index contributed by atoms with van der Waals surface area (Å²) in [7, 11) is 0. The van der Waals surface area contributed by atoms with Crippen molar-refractivity contribution in [3.8, 4) is 0 Å². The predicted octanol–water partition coefficient (Wildman–Crippen LogP) is 3.88. The normalized spacial score (nSPS) is 14.8. The van der Waals surface area contributed by atoms with Crippen molar-refractivity contribution in [1.29, 1.82) is 0 Å². The third kappa shape index (κ3) is 4.35. The molecule has 3 aromatic rings. The molecule has 150 valence electrons. The van der Waals surface area contributed by atoms with E-state index >= 15 is 0 Å². The Labute approximate surface area is 176 Å². The summed E-state index contributed by atoms with van der Waals surface area (Å²) in [6.07, 6.45) is 4.95. The van der Waals surface area contributed by atoms with Gasteiger partial charge in [0, 0.05) is 30.6 Å². The first kappa shape index (κ1) is 19.7. The maximum absolute atomic E-state index is 12.8. The topological polar surface area (TPSA) is 88.1 Å². The molecule has 7 nitrogen and oxygen atoms in total. The number of hydrogen-bond acceptors (Lipinski definition) is 7. The Morgan fingerprint density at radius 3 is 2.66 bits per heavy atom. The molecule has 0 aromatic carbocycles. The maximum Gasteiger partial charge on any atom is 0.275 e. The van der Waals surface area contributed by atoms with Gasteiger partial charge in [0.25, 0.3) is 11.8 Å². The van der Waals surface area contributed by atoms with Crippen LogP contribution in [0.1, 0.15) is 54.6 Å². The minimum atomic E-state index is -0.232. The number of amides is 2. The smallest absolute Gasteiger partial charge is 0.275 e. The predicted molar refractivity (Wildman–Crippen MR) is 114 cm³/mol. The van der Waals surface area contributed by atoms with Crippen LogP contribution in [0.2, 0.25) is 0 Å². The van der Waals surface area contributed by atoms with Crippen LogP contribution < -0.4 is 5.32 Å². The monoisotopic (exact) mass is 427 g/mol. The highest BCUT2D eigenvalue weighted by Gasteiger charge is 2.28. The van der Waals surface area contributed by atoms with Crippen molar-refractivity contribution in [2.75, 3.05) is 18.4 Å². The van der Waals surface area contributed by atoms with Crippen LogP contribution in [0.3, 0.4) is 0 Å². The molecular formula is C20H21N5O2S2. The van der Waals surface area contributed by atoms with Crippen molar-refractivity contribution < 1.29 is 9.59 Å². The van der Waals surface area contributed by atoms with E-state index in [1.807, 2.05) is 18.7 Å². The van der Waals surface area contributed by atoms with E-state index in [2.05, 4.69) is 20.3 Å². The Balaban J connectivity index is 1.36. The van der Waals surface area contributed by atoms with Crippen LogP contribution in [-0.4, -0.2) is 44.8 Å². The molecule has 2 amide bonds. The lowest BCUT2D eigenvalue weighted by atomic mass is 9.97. The first-order valence-electron chi connectivity index (χ1n) is 9.41. The van der Waals surface area contributed by atoms with E-state index < -0.39 is 0 Å². The Bertz CT molecular complexity index is 1020. The minimum absolute atomic E-state index is 0.0715. The second-order valence-electron chi connectivity index (χ2n) is 6.98. The minimum Gasteiger partial charge on any atom is -0.338 e. The molecule has 1 N–H and O–H groups in total. The van der Waals surface area contributed by atoms with Gasteiger partial charge in [0.2, 0.25) is 0 Å². The lowest BCUT2D eigenvalue weighted by Crippen LogP contribution is -2.37. The Morgan fingerprint density at radius 2 is 2.00 bits per heavy atom. The van der Waals surface area contributed by atoms with E-state index in [1.54, 1.807) is 29.9 Å². The highest BCUT2D eigenvalue weighted by atomic mass is 32.1. The lowest BCUT2D eigenvalue weighted by Gasteiger charge is -2.30. The van der Waals surface area contributed by atoms with Gasteiger partial charge in [-0.3, -0.25) is 14.6 Å². The van der Waals surface area contributed by atoms with Crippen molar-refractivity contribution >= 4 is 40.2 Å². The van der Waals surface area contributed by atoms with Gasteiger partial charge >= 0.3 is 0 Å². The van der Waals surface area contributed by atoms with Crippen LogP contribution in [0.4, 0.5) is 5.69 Å². The van der Waals surface area contributed by atoms with E-state index in [9.17, 15) is 9.59 Å². The summed E-state index contributed by atoms with van der Waals surface area (Å²) in [5, 5.41) is 6.47. The Hall–Kier alpha value is -2.65. The number of rotatable bonds is 4.